The second-order valence-electron chi connectivity index (χ2n) is 7.12. The lowest BCUT2D eigenvalue weighted by atomic mass is 9.92. The summed E-state index contributed by atoms with van der Waals surface area (Å²) in [5.41, 5.74) is -0.0608. The van der Waals surface area contributed by atoms with Crippen molar-refractivity contribution < 1.29 is 23.2 Å². The Hall–Kier alpha value is -2.98. The van der Waals surface area contributed by atoms with Crippen molar-refractivity contribution in [1.82, 2.24) is 5.32 Å². The van der Waals surface area contributed by atoms with Crippen LogP contribution in [0.15, 0.2) is 59.5 Å². The van der Waals surface area contributed by atoms with Gasteiger partial charge in [-0.2, -0.15) is 0 Å². The van der Waals surface area contributed by atoms with Gasteiger partial charge in [0.25, 0.3) is 15.7 Å². The number of hydrogen-bond acceptors (Lipinski definition) is 6. The molecule has 0 aliphatic heterocycles. The van der Waals surface area contributed by atoms with E-state index in [4.69, 9.17) is 0 Å². The number of nitrogens with zero attached hydrogens (tertiary/aromatic N) is 2. The van der Waals surface area contributed by atoms with Crippen molar-refractivity contribution in [2.45, 2.75) is 42.7 Å². The molecule has 1 fully saturated rings. The van der Waals surface area contributed by atoms with Gasteiger partial charge in [-0.1, -0.05) is 31.0 Å². The maximum absolute atomic E-state index is 13.2. The van der Waals surface area contributed by atoms with Crippen LogP contribution in [-0.4, -0.2) is 43.0 Å². The van der Waals surface area contributed by atoms with Crippen molar-refractivity contribution in [1.29, 1.82) is 0 Å². The molecule has 3 rings (SSSR count). The molecule has 1 saturated carbocycles. The quantitative estimate of drug-likeness (QED) is 0.509. The molecule has 1 aliphatic rings. The number of aliphatic hydroxyl groups excluding tert-OH is 1. The van der Waals surface area contributed by atoms with Gasteiger partial charge in [0, 0.05) is 12.1 Å². The molecular weight excluding hydrogens is 410 g/mol. The summed E-state index contributed by atoms with van der Waals surface area (Å²) in [7, 11) is -4.10. The number of nitro benzene ring substituents is 1. The molecule has 2 aromatic carbocycles. The van der Waals surface area contributed by atoms with Crippen LogP contribution in [-0.2, 0) is 14.8 Å². The third-order valence-corrected chi connectivity index (χ3v) is 6.83. The Morgan fingerprint density at radius 2 is 1.73 bits per heavy atom. The van der Waals surface area contributed by atoms with Gasteiger partial charge < -0.3 is 10.4 Å². The third kappa shape index (κ3) is 4.95. The third-order valence-electron chi connectivity index (χ3n) is 5.04. The van der Waals surface area contributed by atoms with Gasteiger partial charge in [-0.25, -0.2) is 8.42 Å². The number of rotatable bonds is 7. The minimum absolute atomic E-state index is 0.00569. The molecule has 160 valence electrons. The van der Waals surface area contributed by atoms with E-state index in [1.54, 1.807) is 18.2 Å². The summed E-state index contributed by atoms with van der Waals surface area (Å²) in [6, 6.07) is 12.2. The molecule has 2 aromatic rings. The molecule has 9 nitrogen and oxygen atoms in total. The van der Waals surface area contributed by atoms with Crippen molar-refractivity contribution in [3.63, 3.8) is 0 Å². The van der Waals surface area contributed by atoms with Crippen molar-refractivity contribution in [2.75, 3.05) is 10.8 Å². The van der Waals surface area contributed by atoms with Gasteiger partial charge in [0.2, 0.25) is 5.91 Å². The van der Waals surface area contributed by atoms with Crippen LogP contribution in [0, 0.1) is 10.1 Å². The molecular formula is C20H23N3O6S. The lowest BCUT2D eigenvalue weighted by Crippen LogP contribution is -2.49. The van der Waals surface area contributed by atoms with Gasteiger partial charge in [0.15, 0.2) is 0 Å². The Kier molecular flexibility index (Phi) is 6.68. The number of anilines is 1. The highest BCUT2D eigenvalue weighted by molar-refractivity contribution is 7.92. The zero-order valence-electron chi connectivity index (χ0n) is 16.2. The second kappa shape index (κ2) is 9.23. The van der Waals surface area contributed by atoms with Crippen molar-refractivity contribution in [3.8, 4) is 0 Å². The number of nitro groups is 1. The molecule has 0 bridgehead atoms. The highest BCUT2D eigenvalue weighted by atomic mass is 32.2. The molecule has 0 radical (unpaired) electrons. The molecule has 1 amide bonds. The number of amides is 1. The average molecular weight is 433 g/mol. The molecule has 10 heteroatoms. The molecule has 0 unspecified atom stereocenters. The van der Waals surface area contributed by atoms with E-state index in [0.29, 0.717) is 12.8 Å². The summed E-state index contributed by atoms with van der Waals surface area (Å²) in [6.45, 7) is -0.516. The van der Waals surface area contributed by atoms with E-state index in [0.717, 1.165) is 17.1 Å². The molecule has 2 N–H and O–H groups in total. The van der Waals surface area contributed by atoms with Crippen molar-refractivity contribution in [2.24, 2.45) is 0 Å². The number of nitrogens with one attached hydrogen (secondary N) is 1. The Morgan fingerprint density at radius 3 is 2.33 bits per heavy atom. The van der Waals surface area contributed by atoms with Crippen molar-refractivity contribution in [3.05, 3.63) is 64.7 Å². The lowest BCUT2D eigenvalue weighted by molar-refractivity contribution is -0.384. The summed E-state index contributed by atoms with van der Waals surface area (Å²) in [5, 5.41) is 23.7. The standard InChI is InChI=1S/C20H23N3O6S/c24-19-9-5-4-8-18(19)21-20(25)14-22(15-10-12-16(13-11-15)23(26)27)30(28,29)17-6-2-1-3-7-17/h1-3,6-7,10-13,18-19,24H,4-5,8-9,14H2,(H,21,25)/t18-,19+/m0/s1. The first-order valence-electron chi connectivity index (χ1n) is 9.59. The predicted molar refractivity (Wildman–Crippen MR) is 110 cm³/mol. The first-order valence-corrected chi connectivity index (χ1v) is 11.0. The van der Waals surface area contributed by atoms with Crippen LogP contribution in [0.3, 0.4) is 0 Å². The minimum atomic E-state index is -4.10. The summed E-state index contributed by atoms with van der Waals surface area (Å²) < 4.78 is 27.3. The zero-order valence-corrected chi connectivity index (χ0v) is 17.0. The molecule has 0 saturated heterocycles. The fraction of sp³-hybridized carbons (Fsp3) is 0.350. The Morgan fingerprint density at radius 1 is 1.10 bits per heavy atom. The monoisotopic (exact) mass is 433 g/mol. The lowest BCUT2D eigenvalue weighted by Gasteiger charge is -2.30. The number of sulfonamides is 1. The second-order valence-corrected chi connectivity index (χ2v) is 8.99. The van der Waals surface area contributed by atoms with E-state index >= 15 is 0 Å². The topological polar surface area (TPSA) is 130 Å². The number of benzene rings is 2. The van der Waals surface area contributed by atoms with E-state index in [1.807, 2.05) is 0 Å². The van der Waals surface area contributed by atoms with Gasteiger partial charge in [-0.05, 0) is 37.1 Å². The molecule has 30 heavy (non-hydrogen) atoms. The summed E-state index contributed by atoms with van der Waals surface area (Å²) in [5.74, 6) is -0.557. The largest absolute Gasteiger partial charge is 0.391 e. The average Bonchev–Trinajstić information content (AvgIpc) is 2.74. The van der Waals surface area contributed by atoms with Gasteiger partial charge in [0.1, 0.15) is 6.54 Å². The SMILES string of the molecule is O=C(CN(c1ccc([N+](=O)[O-])cc1)S(=O)(=O)c1ccccc1)N[C@H]1CCCC[C@H]1O. The number of hydrogen-bond donors (Lipinski definition) is 2. The molecule has 1 aliphatic carbocycles. The fourth-order valence-corrected chi connectivity index (χ4v) is 4.88. The summed E-state index contributed by atoms with van der Waals surface area (Å²) in [6.07, 6.45) is 2.29. The highest BCUT2D eigenvalue weighted by Gasteiger charge is 2.30. The van der Waals surface area contributed by atoms with E-state index < -0.39 is 39.5 Å². The van der Waals surface area contributed by atoms with Crippen LogP contribution < -0.4 is 9.62 Å². The maximum Gasteiger partial charge on any atom is 0.269 e. The normalized spacial score (nSPS) is 19.1. The number of carbonyl (C=O) groups is 1. The molecule has 0 aromatic heterocycles. The Bertz CT molecular complexity index is 995. The van der Waals surface area contributed by atoms with E-state index in [9.17, 15) is 28.4 Å². The van der Waals surface area contributed by atoms with Gasteiger partial charge in [0.05, 0.1) is 27.7 Å². The van der Waals surface area contributed by atoms with E-state index in [2.05, 4.69) is 5.32 Å². The first kappa shape index (κ1) is 21.7. The number of carbonyl (C=O) groups excluding carboxylic acids is 1. The van der Waals surface area contributed by atoms with Gasteiger partial charge in [-0.3, -0.25) is 19.2 Å². The van der Waals surface area contributed by atoms with Crippen LogP contribution in [0.1, 0.15) is 25.7 Å². The smallest absolute Gasteiger partial charge is 0.269 e. The van der Waals surface area contributed by atoms with Gasteiger partial charge >= 0.3 is 0 Å². The molecule has 0 heterocycles. The van der Waals surface area contributed by atoms with Crippen LogP contribution in [0.5, 0.6) is 0 Å². The predicted octanol–water partition coefficient (Wildman–Crippen LogP) is 2.21. The minimum Gasteiger partial charge on any atom is -0.391 e. The van der Waals surface area contributed by atoms with Crippen LogP contribution in [0.2, 0.25) is 0 Å². The first-order chi connectivity index (χ1) is 14.3. The summed E-state index contributed by atoms with van der Waals surface area (Å²) >= 11 is 0. The maximum atomic E-state index is 13.2. The van der Waals surface area contributed by atoms with Crippen LogP contribution >= 0.6 is 0 Å². The van der Waals surface area contributed by atoms with E-state index in [-0.39, 0.29) is 16.3 Å². The van der Waals surface area contributed by atoms with Crippen LogP contribution in [0.4, 0.5) is 11.4 Å². The Balaban J connectivity index is 1.89. The molecule has 0 spiro atoms. The number of non-ortho nitro benzene ring substituents is 1. The highest BCUT2D eigenvalue weighted by Crippen LogP contribution is 2.26. The summed E-state index contributed by atoms with van der Waals surface area (Å²) in [4.78, 5) is 23.0. The zero-order chi connectivity index (χ0) is 21.7. The van der Waals surface area contributed by atoms with Gasteiger partial charge in [-0.15, -0.1) is 0 Å². The van der Waals surface area contributed by atoms with Crippen molar-refractivity contribution >= 4 is 27.3 Å². The fourth-order valence-electron chi connectivity index (χ4n) is 3.44. The Labute approximate surface area is 174 Å². The number of aliphatic hydroxyl groups is 1. The molecule has 2 atom stereocenters. The van der Waals surface area contributed by atoms with E-state index in [1.165, 1.54) is 36.4 Å². The van der Waals surface area contributed by atoms with Crippen LogP contribution in [0.25, 0.3) is 0 Å².